The van der Waals surface area contributed by atoms with Crippen molar-refractivity contribution in [3.8, 4) is 0 Å². The highest BCUT2D eigenvalue weighted by Crippen LogP contribution is 2.15. The van der Waals surface area contributed by atoms with E-state index in [9.17, 15) is 4.79 Å². The van der Waals surface area contributed by atoms with Crippen LogP contribution in [0.5, 0.6) is 0 Å². The SMILES string of the molecule is CC(O)CNC(=O)CCC1CCCNC1. The van der Waals surface area contributed by atoms with E-state index in [1.807, 2.05) is 0 Å². The first-order valence-corrected chi connectivity index (χ1v) is 5.84. The zero-order valence-corrected chi connectivity index (χ0v) is 9.46. The molecule has 0 aromatic carbocycles. The van der Waals surface area contributed by atoms with E-state index in [1.54, 1.807) is 6.92 Å². The molecule has 0 saturated carbocycles. The van der Waals surface area contributed by atoms with Gasteiger partial charge >= 0.3 is 0 Å². The fourth-order valence-corrected chi connectivity index (χ4v) is 1.86. The molecule has 2 atom stereocenters. The second-order valence-corrected chi connectivity index (χ2v) is 4.40. The molecule has 88 valence electrons. The van der Waals surface area contributed by atoms with E-state index in [0.717, 1.165) is 19.5 Å². The van der Waals surface area contributed by atoms with Crippen LogP contribution in [0.3, 0.4) is 0 Å². The van der Waals surface area contributed by atoms with E-state index < -0.39 is 6.10 Å². The highest BCUT2D eigenvalue weighted by molar-refractivity contribution is 5.75. The lowest BCUT2D eigenvalue weighted by Crippen LogP contribution is -2.33. The van der Waals surface area contributed by atoms with E-state index in [0.29, 0.717) is 18.9 Å². The Bertz CT molecular complexity index is 189. The molecule has 0 bridgehead atoms. The zero-order valence-electron chi connectivity index (χ0n) is 9.46. The van der Waals surface area contributed by atoms with Gasteiger partial charge in [0.15, 0.2) is 0 Å². The summed E-state index contributed by atoms with van der Waals surface area (Å²) >= 11 is 0. The van der Waals surface area contributed by atoms with Gasteiger partial charge in [0.2, 0.25) is 5.91 Å². The van der Waals surface area contributed by atoms with Crippen LogP contribution in [0.4, 0.5) is 0 Å². The van der Waals surface area contributed by atoms with Crippen LogP contribution < -0.4 is 10.6 Å². The van der Waals surface area contributed by atoms with Gasteiger partial charge in [-0.15, -0.1) is 0 Å². The Morgan fingerprint density at radius 2 is 2.47 bits per heavy atom. The van der Waals surface area contributed by atoms with Crippen molar-refractivity contribution in [3.05, 3.63) is 0 Å². The van der Waals surface area contributed by atoms with Gasteiger partial charge in [-0.25, -0.2) is 0 Å². The largest absolute Gasteiger partial charge is 0.392 e. The van der Waals surface area contributed by atoms with Crippen LogP contribution in [0.25, 0.3) is 0 Å². The number of piperidine rings is 1. The van der Waals surface area contributed by atoms with Crippen LogP contribution in [0.1, 0.15) is 32.6 Å². The van der Waals surface area contributed by atoms with Crippen LogP contribution in [-0.4, -0.2) is 36.8 Å². The topological polar surface area (TPSA) is 61.4 Å². The molecule has 0 spiro atoms. The summed E-state index contributed by atoms with van der Waals surface area (Å²) in [5.74, 6) is 0.706. The number of aliphatic hydroxyl groups excluding tert-OH is 1. The fraction of sp³-hybridized carbons (Fsp3) is 0.909. The first-order valence-electron chi connectivity index (χ1n) is 5.84. The summed E-state index contributed by atoms with van der Waals surface area (Å²) in [5.41, 5.74) is 0. The second-order valence-electron chi connectivity index (χ2n) is 4.40. The summed E-state index contributed by atoms with van der Waals surface area (Å²) in [7, 11) is 0. The van der Waals surface area contributed by atoms with Crippen molar-refractivity contribution >= 4 is 5.91 Å². The van der Waals surface area contributed by atoms with Crippen LogP contribution >= 0.6 is 0 Å². The fourth-order valence-electron chi connectivity index (χ4n) is 1.86. The molecule has 0 aliphatic carbocycles. The summed E-state index contributed by atoms with van der Waals surface area (Å²) in [6.07, 6.45) is 3.54. The average molecular weight is 214 g/mol. The molecule has 1 saturated heterocycles. The Kier molecular flexibility index (Phi) is 5.65. The van der Waals surface area contributed by atoms with E-state index in [-0.39, 0.29) is 5.91 Å². The van der Waals surface area contributed by atoms with Crippen molar-refractivity contribution in [3.63, 3.8) is 0 Å². The molecule has 1 amide bonds. The van der Waals surface area contributed by atoms with E-state index in [4.69, 9.17) is 5.11 Å². The van der Waals surface area contributed by atoms with E-state index in [2.05, 4.69) is 10.6 Å². The predicted molar refractivity (Wildman–Crippen MR) is 59.5 cm³/mol. The van der Waals surface area contributed by atoms with Gasteiger partial charge in [0, 0.05) is 13.0 Å². The molecule has 1 aliphatic heterocycles. The molecular weight excluding hydrogens is 192 g/mol. The minimum atomic E-state index is -0.453. The van der Waals surface area contributed by atoms with Gasteiger partial charge in [0.1, 0.15) is 0 Å². The second kappa shape index (κ2) is 6.80. The molecule has 4 heteroatoms. The van der Waals surface area contributed by atoms with E-state index in [1.165, 1.54) is 12.8 Å². The molecule has 0 aromatic heterocycles. The number of nitrogens with one attached hydrogen (secondary N) is 2. The standard InChI is InChI=1S/C11H22N2O2/c1-9(14)7-13-11(15)5-4-10-3-2-6-12-8-10/h9-10,12,14H,2-8H2,1H3,(H,13,15). The van der Waals surface area contributed by atoms with Gasteiger partial charge in [0.25, 0.3) is 0 Å². The van der Waals surface area contributed by atoms with Crippen molar-refractivity contribution in [2.75, 3.05) is 19.6 Å². The van der Waals surface area contributed by atoms with Gasteiger partial charge < -0.3 is 15.7 Å². The van der Waals surface area contributed by atoms with Gasteiger partial charge in [-0.2, -0.15) is 0 Å². The van der Waals surface area contributed by atoms with Crippen molar-refractivity contribution in [2.45, 2.75) is 38.7 Å². The van der Waals surface area contributed by atoms with Crippen LogP contribution in [0, 0.1) is 5.92 Å². The Labute approximate surface area is 91.4 Å². The number of carbonyl (C=O) groups excluding carboxylic acids is 1. The number of rotatable bonds is 5. The lowest BCUT2D eigenvalue weighted by atomic mass is 9.94. The highest BCUT2D eigenvalue weighted by Gasteiger charge is 2.14. The molecule has 0 aromatic rings. The Balaban J connectivity index is 2.05. The highest BCUT2D eigenvalue weighted by atomic mass is 16.3. The Hall–Kier alpha value is -0.610. The minimum absolute atomic E-state index is 0.0569. The average Bonchev–Trinajstić information content (AvgIpc) is 2.25. The summed E-state index contributed by atoms with van der Waals surface area (Å²) < 4.78 is 0. The minimum Gasteiger partial charge on any atom is -0.392 e. The van der Waals surface area contributed by atoms with E-state index >= 15 is 0 Å². The monoisotopic (exact) mass is 214 g/mol. The van der Waals surface area contributed by atoms with Crippen molar-refractivity contribution in [2.24, 2.45) is 5.92 Å². The quantitative estimate of drug-likeness (QED) is 0.615. The zero-order chi connectivity index (χ0) is 11.1. The lowest BCUT2D eigenvalue weighted by Gasteiger charge is -2.22. The number of hydrogen-bond donors (Lipinski definition) is 3. The normalized spacial score (nSPS) is 23.5. The van der Waals surface area contributed by atoms with Gasteiger partial charge in [-0.05, 0) is 45.2 Å². The third-order valence-electron chi connectivity index (χ3n) is 2.77. The predicted octanol–water partition coefficient (Wildman–Crippen LogP) is 0.263. The van der Waals surface area contributed by atoms with Crippen LogP contribution in [0.2, 0.25) is 0 Å². The number of amides is 1. The third-order valence-corrected chi connectivity index (χ3v) is 2.77. The summed E-state index contributed by atoms with van der Waals surface area (Å²) in [4.78, 5) is 11.3. The number of carbonyl (C=O) groups is 1. The maximum atomic E-state index is 11.3. The molecule has 1 fully saturated rings. The first kappa shape index (κ1) is 12.5. The maximum Gasteiger partial charge on any atom is 0.220 e. The first-order chi connectivity index (χ1) is 7.18. The van der Waals surface area contributed by atoms with Gasteiger partial charge in [-0.1, -0.05) is 0 Å². The Morgan fingerprint density at radius 1 is 1.67 bits per heavy atom. The van der Waals surface area contributed by atoms with Gasteiger partial charge in [-0.3, -0.25) is 4.79 Å². The number of hydrogen-bond acceptors (Lipinski definition) is 3. The summed E-state index contributed by atoms with van der Waals surface area (Å²) in [5, 5.41) is 15.0. The van der Waals surface area contributed by atoms with Crippen molar-refractivity contribution < 1.29 is 9.90 Å². The molecule has 3 N–H and O–H groups in total. The number of aliphatic hydroxyl groups is 1. The molecule has 4 nitrogen and oxygen atoms in total. The molecule has 2 unspecified atom stereocenters. The molecule has 15 heavy (non-hydrogen) atoms. The lowest BCUT2D eigenvalue weighted by molar-refractivity contribution is -0.121. The van der Waals surface area contributed by atoms with Crippen molar-refractivity contribution in [1.82, 2.24) is 10.6 Å². The van der Waals surface area contributed by atoms with Gasteiger partial charge in [0.05, 0.1) is 6.10 Å². The van der Waals surface area contributed by atoms with Crippen molar-refractivity contribution in [1.29, 1.82) is 0 Å². The molecule has 1 aliphatic rings. The van der Waals surface area contributed by atoms with Crippen LogP contribution in [-0.2, 0) is 4.79 Å². The maximum absolute atomic E-state index is 11.3. The summed E-state index contributed by atoms with van der Waals surface area (Å²) in [6, 6.07) is 0. The molecule has 1 heterocycles. The third kappa shape index (κ3) is 5.74. The smallest absolute Gasteiger partial charge is 0.220 e. The Morgan fingerprint density at radius 3 is 3.07 bits per heavy atom. The molecule has 0 radical (unpaired) electrons. The molecule has 1 rings (SSSR count). The molecular formula is C11H22N2O2. The van der Waals surface area contributed by atoms with Crippen LogP contribution in [0.15, 0.2) is 0 Å². The summed E-state index contributed by atoms with van der Waals surface area (Å²) in [6.45, 7) is 4.20.